The van der Waals surface area contributed by atoms with Crippen molar-refractivity contribution in [3.8, 4) is 0 Å². The van der Waals surface area contributed by atoms with Gasteiger partial charge < -0.3 is 15.4 Å². The smallest absolute Gasteiger partial charge is 0.407 e. The Morgan fingerprint density at radius 3 is 2.93 bits per heavy atom. The maximum Gasteiger partial charge on any atom is 0.407 e. The summed E-state index contributed by atoms with van der Waals surface area (Å²) in [5.74, 6) is 0.913. The van der Waals surface area contributed by atoms with E-state index in [4.69, 9.17) is 4.74 Å². The van der Waals surface area contributed by atoms with Gasteiger partial charge in [-0.3, -0.25) is 0 Å². The fourth-order valence-corrected chi connectivity index (χ4v) is 1.62. The number of hydrogen-bond donors (Lipinski definition) is 2. The lowest BCUT2D eigenvalue weighted by Crippen LogP contribution is -2.50. The molecule has 2 unspecified atom stereocenters. The lowest BCUT2D eigenvalue weighted by atomic mass is 9.95. The van der Waals surface area contributed by atoms with E-state index in [1.165, 1.54) is 0 Å². The normalized spacial score (nSPS) is 26.4. The molecule has 1 amide bonds. The molecule has 0 radical (unpaired) electrons. The van der Waals surface area contributed by atoms with E-state index in [-0.39, 0.29) is 12.1 Å². The third-order valence-electron chi connectivity index (χ3n) is 2.68. The number of carbonyl (C=O) groups is 1. The molecule has 0 saturated carbocycles. The zero-order valence-electron chi connectivity index (χ0n) is 9.88. The van der Waals surface area contributed by atoms with Gasteiger partial charge in [0.05, 0.1) is 6.61 Å². The SMILES string of the molecule is CC(C)COC(=O)NC1CNCCC1C. The Kier molecular flexibility index (Phi) is 4.88. The van der Waals surface area contributed by atoms with E-state index in [2.05, 4.69) is 17.6 Å². The van der Waals surface area contributed by atoms with Gasteiger partial charge >= 0.3 is 6.09 Å². The number of rotatable bonds is 3. The average Bonchev–Trinajstić information content (AvgIpc) is 2.18. The van der Waals surface area contributed by atoms with Gasteiger partial charge in [0.15, 0.2) is 0 Å². The van der Waals surface area contributed by atoms with Crippen molar-refractivity contribution in [2.75, 3.05) is 19.7 Å². The molecule has 88 valence electrons. The van der Waals surface area contributed by atoms with E-state index in [1.807, 2.05) is 13.8 Å². The van der Waals surface area contributed by atoms with Crippen LogP contribution >= 0.6 is 0 Å². The molecule has 1 aliphatic heterocycles. The summed E-state index contributed by atoms with van der Waals surface area (Å²) in [6.07, 6.45) is 0.819. The highest BCUT2D eigenvalue weighted by atomic mass is 16.5. The molecule has 1 aliphatic rings. The van der Waals surface area contributed by atoms with Crippen LogP contribution in [0.5, 0.6) is 0 Å². The van der Waals surface area contributed by atoms with Gasteiger partial charge in [-0.05, 0) is 24.8 Å². The molecular weight excluding hydrogens is 192 g/mol. The molecule has 2 atom stereocenters. The number of amides is 1. The molecule has 0 spiro atoms. The monoisotopic (exact) mass is 214 g/mol. The molecule has 15 heavy (non-hydrogen) atoms. The maximum absolute atomic E-state index is 11.4. The Balaban J connectivity index is 2.24. The van der Waals surface area contributed by atoms with Gasteiger partial charge in [-0.15, -0.1) is 0 Å². The molecule has 0 aliphatic carbocycles. The minimum absolute atomic E-state index is 0.207. The minimum atomic E-state index is -0.288. The molecule has 1 saturated heterocycles. The molecule has 1 fully saturated rings. The van der Waals surface area contributed by atoms with Crippen LogP contribution in [0.1, 0.15) is 27.2 Å². The van der Waals surface area contributed by atoms with Crippen molar-refractivity contribution in [1.82, 2.24) is 10.6 Å². The fourth-order valence-electron chi connectivity index (χ4n) is 1.62. The molecule has 0 aromatic rings. The standard InChI is InChI=1S/C11H22N2O2/c1-8(2)7-15-11(14)13-10-6-12-5-4-9(10)3/h8-10,12H,4-7H2,1-3H3,(H,13,14). The Labute approximate surface area is 91.8 Å². The van der Waals surface area contributed by atoms with E-state index in [9.17, 15) is 4.79 Å². The first-order chi connectivity index (χ1) is 7.09. The number of ether oxygens (including phenoxy) is 1. The Morgan fingerprint density at radius 1 is 1.60 bits per heavy atom. The van der Waals surface area contributed by atoms with Crippen LogP contribution in [0.2, 0.25) is 0 Å². The van der Waals surface area contributed by atoms with Crippen molar-refractivity contribution < 1.29 is 9.53 Å². The number of carbonyl (C=O) groups excluding carboxylic acids is 1. The third kappa shape index (κ3) is 4.51. The van der Waals surface area contributed by atoms with Gasteiger partial charge in [0, 0.05) is 12.6 Å². The highest BCUT2D eigenvalue weighted by molar-refractivity contribution is 5.67. The lowest BCUT2D eigenvalue weighted by Gasteiger charge is -2.29. The summed E-state index contributed by atoms with van der Waals surface area (Å²) in [7, 11) is 0. The zero-order chi connectivity index (χ0) is 11.3. The largest absolute Gasteiger partial charge is 0.449 e. The van der Waals surface area contributed by atoms with Gasteiger partial charge in [-0.1, -0.05) is 20.8 Å². The second-order valence-corrected chi connectivity index (χ2v) is 4.71. The van der Waals surface area contributed by atoms with Crippen molar-refractivity contribution in [1.29, 1.82) is 0 Å². The van der Waals surface area contributed by atoms with Crippen LogP contribution in [0.25, 0.3) is 0 Å². The van der Waals surface area contributed by atoms with Crippen LogP contribution < -0.4 is 10.6 Å². The lowest BCUT2D eigenvalue weighted by molar-refractivity contribution is 0.123. The van der Waals surface area contributed by atoms with Gasteiger partial charge in [-0.25, -0.2) is 4.79 Å². The molecule has 1 rings (SSSR count). The Morgan fingerprint density at radius 2 is 2.33 bits per heavy atom. The number of alkyl carbamates (subject to hydrolysis) is 1. The first kappa shape index (κ1) is 12.3. The van der Waals surface area contributed by atoms with Crippen LogP contribution in [0.3, 0.4) is 0 Å². The van der Waals surface area contributed by atoms with Crippen molar-refractivity contribution in [3.63, 3.8) is 0 Å². The van der Waals surface area contributed by atoms with Crippen molar-refractivity contribution in [2.45, 2.75) is 33.2 Å². The summed E-state index contributed by atoms with van der Waals surface area (Å²) >= 11 is 0. The topological polar surface area (TPSA) is 50.4 Å². The molecular formula is C11H22N2O2. The summed E-state index contributed by atoms with van der Waals surface area (Å²) in [6, 6.07) is 0.207. The number of hydrogen-bond acceptors (Lipinski definition) is 3. The zero-order valence-corrected chi connectivity index (χ0v) is 9.88. The third-order valence-corrected chi connectivity index (χ3v) is 2.68. The number of piperidine rings is 1. The summed E-state index contributed by atoms with van der Waals surface area (Å²) < 4.78 is 5.08. The predicted octanol–water partition coefficient (Wildman–Crippen LogP) is 1.37. The molecule has 1 heterocycles. The van der Waals surface area contributed by atoms with Crippen LogP contribution in [-0.4, -0.2) is 31.8 Å². The molecule has 0 aromatic carbocycles. The predicted molar refractivity (Wildman–Crippen MR) is 59.8 cm³/mol. The summed E-state index contributed by atoms with van der Waals surface area (Å²) in [6.45, 7) is 8.59. The van der Waals surface area contributed by atoms with Gasteiger partial charge in [0.2, 0.25) is 0 Å². The van der Waals surface area contributed by atoms with Crippen LogP contribution in [-0.2, 0) is 4.74 Å². The fraction of sp³-hybridized carbons (Fsp3) is 0.909. The first-order valence-electron chi connectivity index (χ1n) is 5.73. The Hall–Kier alpha value is -0.770. The van der Waals surface area contributed by atoms with Crippen molar-refractivity contribution >= 4 is 6.09 Å². The molecule has 4 nitrogen and oxygen atoms in total. The van der Waals surface area contributed by atoms with E-state index in [1.54, 1.807) is 0 Å². The van der Waals surface area contributed by atoms with Crippen LogP contribution in [0.15, 0.2) is 0 Å². The van der Waals surface area contributed by atoms with Crippen LogP contribution in [0.4, 0.5) is 4.79 Å². The van der Waals surface area contributed by atoms with E-state index in [0.29, 0.717) is 18.4 Å². The van der Waals surface area contributed by atoms with Crippen LogP contribution in [0, 0.1) is 11.8 Å². The maximum atomic E-state index is 11.4. The first-order valence-corrected chi connectivity index (χ1v) is 5.73. The molecule has 0 aromatic heterocycles. The minimum Gasteiger partial charge on any atom is -0.449 e. The van der Waals surface area contributed by atoms with E-state index < -0.39 is 0 Å². The Bertz CT molecular complexity index is 207. The van der Waals surface area contributed by atoms with Gasteiger partial charge in [-0.2, -0.15) is 0 Å². The van der Waals surface area contributed by atoms with Crippen molar-refractivity contribution in [3.05, 3.63) is 0 Å². The summed E-state index contributed by atoms with van der Waals surface area (Å²) in [4.78, 5) is 11.4. The molecule has 0 bridgehead atoms. The molecule has 2 N–H and O–H groups in total. The molecule has 4 heteroatoms. The van der Waals surface area contributed by atoms with E-state index in [0.717, 1.165) is 19.5 Å². The highest BCUT2D eigenvalue weighted by Crippen LogP contribution is 2.11. The quantitative estimate of drug-likeness (QED) is 0.746. The summed E-state index contributed by atoms with van der Waals surface area (Å²) in [5, 5.41) is 6.17. The second kappa shape index (κ2) is 5.95. The average molecular weight is 214 g/mol. The highest BCUT2D eigenvalue weighted by Gasteiger charge is 2.22. The summed E-state index contributed by atoms with van der Waals surface area (Å²) in [5.41, 5.74) is 0. The van der Waals surface area contributed by atoms with Gasteiger partial charge in [0.1, 0.15) is 0 Å². The van der Waals surface area contributed by atoms with E-state index >= 15 is 0 Å². The van der Waals surface area contributed by atoms with Crippen molar-refractivity contribution in [2.24, 2.45) is 11.8 Å². The van der Waals surface area contributed by atoms with Gasteiger partial charge in [0.25, 0.3) is 0 Å². The second-order valence-electron chi connectivity index (χ2n) is 4.71. The number of nitrogens with one attached hydrogen (secondary N) is 2.